The van der Waals surface area contributed by atoms with Crippen LogP contribution in [-0.2, 0) is 13.6 Å². The first-order valence-corrected chi connectivity index (χ1v) is 14.2. The summed E-state index contributed by atoms with van der Waals surface area (Å²) in [5.74, 6) is 0. The summed E-state index contributed by atoms with van der Waals surface area (Å²) >= 11 is 0. The van der Waals surface area contributed by atoms with Gasteiger partial charge in [-0.2, -0.15) is 0 Å². The quantitative estimate of drug-likeness (QED) is 0.0855. The largest absolute Gasteiger partial charge is 3.00 e. The van der Waals surface area contributed by atoms with Gasteiger partial charge in [0.25, 0.3) is 7.82 Å². The molecule has 0 N–H and O–H groups in total. The minimum Gasteiger partial charge on any atom is -0.756 e. The second kappa shape index (κ2) is 26.7. The van der Waals surface area contributed by atoms with Crippen LogP contribution >= 0.6 is 7.82 Å². The van der Waals surface area contributed by atoms with Crippen molar-refractivity contribution in [3.05, 3.63) is 0 Å². The fourth-order valence-electron chi connectivity index (χ4n) is 3.57. The molecule has 0 aliphatic carbocycles. The third-order valence-electron chi connectivity index (χ3n) is 5.49. The molecule has 6 heteroatoms. The maximum absolute atomic E-state index is 11.7. The number of phosphoric acid groups is 1. The number of unbranched alkanes of at least 4 members (excludes halogenated alkanes) is 18. The fraction of sp³-hybridized carbons (Fsp3) is 1.00. The molecule has 0 aliphatic rings. The van der Waals surface area contributed by atoms with Gasteiger partial charge >= 0.3 is 40.8 Å². The van der Waals surface area contributed by atoms with Crippen LogP contribution in [0.15, 0.2) is 0 Å². The Balaban J connectivity index is 0. The van der Waals surface area contributed by atoms with Crippen molar-refractivity contribution in [2.45, 2.75) is 142 Å². The van der Waals surface area contributed by atoms with Crippen LogP contribution < -0.4 is 4.89 Å². The molecule has 0 spiro atoms. The van der Waals surface area contributed by atoms with Crippen molar-refractivity contribution >= 4 is 7.82 Å². The molecule has 0 aromatic carbocycles. The molecule has 0 saturated carbocycles. The molecule has 0 heterocycles. The van der Waals surface area contributed by atoms with Crippen LogP contribution in [-0.4, -0.2) is 13.2 Å². The molecule has 0 fully saturated rings. The molecule has 0 aromatic heterocycles. The van der Waals surface area contributed by atoms with E-state index in [9.17, 15) is 9.46 Å². The van der Waals surface area contributed by atoms with Gasteiger partial charge in [0.2, 0.25) is 0 Å². The topological polar surface area (TPSA) is 58.6 Å². The Labute approximate surface area is 221 Å². The third-order valence-corrected chi connectivity index (χ3v) is 6.49. The number of phosphoric ester groups is 1. The van der Waals surface area contributed by atoms with Gasteiger partial charge in [0.1, 0.15) is 0 Å². The van der Waals surface area contributed by atoms with E-state index in [-0.39, 0.29) is 54.1 Å². The molecule has 0 atom stereocenters. The Morgan fingerprint density at radius 2 is 0.733 bits per heavy atom. The van der Waals surface area contributed by atoms with E-state index in [4.69, 9.17) is 9.05 Å². The summed E-state index contributed by atoms with van der Waals surface area (Å²) in [5, 5.41) is 0. The summed E-state index contributed by atoms with van der Waals surface area (Å²) in [6, 6.07) is 0. The van der Waals surface area contributed by atoms with Crippen LogP contribution in [0.5, 0.6) is 0 Å². The molecule has 0 bridgehead atoms. The Kier molecular flexibility index (Phi) is 29.9. The van der Waals surface area contributed by atoms with Gasteiger partial charge in [-0.15, -0.1) is 0 Å². The van der Waals surface area contributed by atoms with E-state index in [2.05, 4.69) is 13.8 Å². The number of hydrogen-bond donors (Lipinski definition) is 0. The van der Waals surface area contributed by atoms with Gasteiger partial charge in [-0.25, -0.2) is 0 Å². The number of hydrogen-bond acceptors (Lipinski definition) is 4. The molecule has 0 aromatic rings. The van der Waals surface area contributed by atoms with Crippen LogP contribution in [0.2, 0.25) is 0 Å². The van der Waals surface area contributed by atoms with Gasteiger partial charge in [-0.05, 0) is 12.8 Å². The van der Waals surface area contributed by atoms with Crippen LogP contribution in [0.4, 0.5) is 0 Å². The van der Waals surface area contributed by atoms with Crippen molar-refractivity contribution < 1.29 is 59.3 Å². The zero-order valence-corrected chi connectivity index (χ0v) is 24.2. The van der Waals surface area contributed by atoms with Crippen molar-refractivity contribution in [1.29, 1.82) is 0 Å². The maximum atomic E-state index is 11.7. The van der Waals surface area contributed by atoms with Crippen LogP contribution in [0.1, 0.15) is 142 Å². The third kappa shape index (κ3) is 27.5. The van der Waals surface area contributed by atoms with E-state index in [0.29, 0.717) is 0 Å². The summed E-state index contributed by atoms with van der Waals surface area (Å²) in [6.45, 7) is 5.00. The van der Waals surface area contributed by atoms with Gasteiger partial charge in [-0.3, -0.25) is 4.57 Å². The van der Waals surface area contributed by atoms with Crippen molar-refractivity contribution in [1.82, 2.24) is 0 Å². The van der Waals surface area contributed by atoms with Crippen LogP contribution in [0.25, 0.3) is 0 Å². The first-order valence-electron chi connectivity index (χ1n) is 12.7. The summed E-state index contributed by atoms with van der Waals surface area (Å²) in [4.78, 5) is 11.7. The first kappa shape index (κ1) is 33.6. The normalized spacial score (nSPS) is 11.6. The molecule has 1 radical (unpaired) electrons. The van der Waals surface area contributed by atoms with Gasteiger partial charge in [0.15, 0.2) is 0 Å². The summed E-state index contributed by atoms with van der Waals surface area (Å²) in [5.41, 5.74) is 0. The van der Waals surface area contributed by atoms with E-state index in [1.807, 2.05) is 0 Å². The zero-order valence-electron chi connectivity index (χ0n) is 20.1. The van der Waals surface area contributed by atoms with Crippen molar-refractivity contribution in [3.63, 3.8) is 0 Å². The smallest absolute Gasteiger partial charge is 0.756 e. The Bertz CT molecular complexity index is 339. The molecule has 0 unspecified atom stereocenters. The minimum absolute atomic E-state index is 0. The monoisotopic (exact) mass is 575 g/mol. The van der Waals surface area contributed by atoms with Crippen LogP contribution in [0, 0.1) is 40.8 Å². The first-order chi connectivity index (χ1) is 14.1. The van der Waals surface area contributed by atoms with Gasteiger partial charge in [-0.1, -0.05) is 129 Å². The summed E-state index contributed by atoms with van der Waals surface area (Å²) in [7, 11) is -4.10. The van der Waals surface area contributed by atoms with Crippen molar-refractivity contribution in [2.75, 3.05) is 13.2 Å². The molecule has 0 rings (SSSR count). The minimum atomic E-state index is -4.10. The van der Waals surface area contributed by atoms with Crippen molar-refractivity contribution in [3.8, 4) is 0 Å². The number of rotatable bonds is 24. The molecule has 30 heavy (non-hydrogen) atoms. The van der Waals surface area contributed by atoms with Gasteiger partial charge < -0.3 is 13.9 Å². The SMILES string of the molecule is CCCCCCCCCCCCOP(=O)([O-])OCCCCCCCCCCCC.[Nd+3]. The molecule has 177 valence electrons. The van der Waals surface area contributed by atoms with E-state index < -0.39 is 7.82 Å². The predicted molar refractivity (Wildman–Crippen MR) is 123 cm³/mol. The van der Waals surface area contributed by atoms with E-state index in [0.717, 1.165) is 25.7 Å². The zero-order chi connectivity index (χ0) is 21.5. The molecule has 4 nitrogen and oxygen atoms in total. The molecule has 0 aliphatic heterocycles. The average Bonchev–Trinajstić information content (AvgIpc) is 2.70. The second-order valence-corrected chi connectivity index (χ2v) is 9.89. The van der Waals surface area contributed by atoms with E-state index in [1.54, 1.807) is 0 Å². The second-order valence-electron chi connectivity index (χ2n) is 8.48. The summed E-state index contributed by atoms with van der Waals surface area (Å²) < 4.78 is 21.7. The molecular formula is C24H50NdO4P+2. The maximum Gasteiger partial charge on any atom is 3.00 e. The van der Waals surface area contributed by atoms with Gasteiger partial charge in [0, 0.05) is 0 Å². The van der Waals surface area contributed by atoms with Crippen LogP contribution in [0.3, 0.4) is 0 Å². The molecular weight excluding hydrogens is 527 g/mol. The van der Waals surface area contributed by atoms with E-state index in [1.165, 1.54) is 103 Å². The fourth-order valence-corrected chi connectivity index (χ4v) is 4.35. The van der Waals surface area contributed by atoms with Gasteiger partial charge in [0.05, 0.1) is 13.2 Å². The Hall–Kier alpha value is 1.46. The standard InChI is InChI=1S/C24H51O4P.Nd/c1-3-5-7-9-11-13-15-17-19-21-23-27-29(25,26)28-24-22-20-18-16-14-12-10-8-6-4-2;/h3-24H2,1-2H3,(H,25,26);/q;+3/p-1. The Morgan fingerprint density at radius 1 is 0.500 bits per heavy atom. The average molecular weight is 578 g/mol. The molecule has 0 amide bonds. The predicted octanol–water partition coefficient (Wildman–Crippen LogP) is 8.33. The molecule has 0 saturated heterocycles. The Morgan fingerprint density at radius 3 is 1.00 bits per heavy atom. The van der Waals surface area contributed by atoms with E-state index >= 15 is 0 Å². The summed E-state index contributed by atoms with van der Waals surface area (Å²) in [6.07, 6.45) is 24.5. The van der Waals surface area contributed by atoms with Crippen molar-refractivity contribution in [2.24, 2.45) is 0 Å².